The highest BCUT2D eigenvalue weighted by Crippen LogP contribution is 2.20. The summed E-state index contributed by atoms with van der Waals surface area (Å²) in [5.74, 6) is 0. The van der Waals surface area contributed by atoms with Gasteiger partial charge in [-0.3, -0.25) is 0 Å². The van der Waals surface area contributed by atoms with Crippen molar-refractivity contribution in [3.63, 3.8) is 0 Å². The molecule has 0 spiro atoms. The summed E-state index contributed by atoms with van der Waals surface area (Å²) >= 11 is 0. The average molecular weight is 140 g/mol. The van der Waals surface area contributed by atoms with Gasteiger partial charge in [0, 0.05) is 0 Å². The molecule has 0 aromatic heterocycles. The second kappa shape index (κ2) is 3.88. The minimum absolute atomic E-state index is 0.510. The van der Waals surface area contributed by atoms with Gasteiger partial charge in [-0.05, 0) is 5.41 Å². The first-order valence-electron chi connectivity index (χ1n) is 3.40. The van der Waals surface area contributed by atoms with E-state index in [4.69, 9.17) is 0 Å². The molecular weight excluding hydrogens is 124 g/mol. The molecular formula is C8H16Si. The summed E-state index contributed by atoms with van der Waals surface area (Å²) < 4.78 is 0. The highest BCUT2D eigenvalue weighted by Gasteiger charge is 2.07. The van der Waals surface area contributed by atoms with Crippen LogP contribution in [0.4, 0.5) is 0 Å². The highest BCUT2D eigenvalue weighted by molar-refractivity contribution is 6.41. The summed E-state index contributed by atoms with van der Waals surface area (Å²) in [5.41, 5.74) is 2.53. The van der Waals surface area contributed by atoms with Crippen LogP contribution in [0.3, 0.4) is 0 Å². The van der Waals surface area contributed by atoms with Crippen LogP contribution in [-0.2, 0) is 0 Å². The van der Waals surface area contributed by atoms with Crippen LogP contribution in [0, 0.1) is 5.41 Å². The van der Waals surface area contributed by atoms with E-state index in [1.54, 1.807) is 0 Å². The van der Waals surface area contributed by atoms with Crippen molar-refractivity contribution in [3.8, 4) is 0 Å². The first-order chi connectivity index (χ1) is 4.06. The van der Waals surface area contributed by atoms with Crippen LogP contribution >= 0.6 is 0 Å². The molecule has 9 heavy (non-hydrogen) atoms. The van der Waals surface area contributed by atoms with Crippen molar-refractivity contribution in [3.05, 3.63) is 12.3 Å². The summed E-state index contributed by atoms with van der Waals surface area (Å²) in [4.78, 5) is 0. The summed E-state index contributed by atoms with van der Waals surface area (Å²) in [6.45, 7) is 10.5. The van der Waals surface area contributed by atoms with Gasteiger partial charge in [0.2, 0.25) is 0 Å². The Labute approximate surface area is 61.2 Å². The summed E-state index contributed by atoms with van der Waals surface area (Å²) in [5, 5.41) is 0. The lowest BCUT2D eigenvalue weighted by atomic mass is 9.94. The molecule has 0 aromatic carbocycles. The van der Waals surface area contributed by atoms with E-state index in [2.05, 4.69) is 27.4 Å². The first-order valence-corrected chi connectivity index (χ1v) is 4.69. The molecule has 0 aliphatic carbocycles. The Morgan fingerprint density at radius 1 is 1.44 bits per heavy atom. The predicted octanol–water partition coefficient (Wildman–Crippen LogP) is 2.69. The minimum atomic E-state index is 0.510. The van der Waals surface area contributed by atoms with Gasteiger partial charge in [-0.15, -0.1) is 12.3 Å². The van der Waals surface area contributed by atoms with Crippen LogP contribution in [0.5, 0.6) is 0 Å². The maximum absolute atomic E-state index is 3.69. The molecule has 1 heteroatoms. The van der Waals surface area contributed by atoms with Crippen LogP contribution in [0.2, 0.25) is 6.04 Å². The van der Waals surface area contributed by atoms with E-state index in [-0.39, 0.29) is 0 Å². The zero-order chi connectivity index (χ0) is 7.33. The maximum Gasteiger partial charge on any atom is 0.0695 e. The van der Waals surface area contributed by atoms with Crippen LogP contribution in [0.1, 0.15) is 27.2 Å². The Morgan fingerprint density at radius 3 is 2.33 bits per heavy atom. The smallest absolute Gasteiger partial charge is 0.0695 e. The van der Waals surface area contributed by atoms with Crippen molar-refractivity contribution in [1.29, 1.82) is 0 Å². The number of rotatable bonds is 3. The van der Waals surface area contributed by atoms with Crippen molar-refractivity contribution >= 4 is 9.52 Å². The van der Waals surface area contributed by atoms with Crippen molar-refractivity contribution < 1.29 is 0 Å². The quantitative estimate of drug-likeness (QED) is 0.417. The standard InChI is InChI=1S/C8H16Si/c1-5-9-7-6-8(2,3)4/h5H,1,6-7H2,2-4H3. The second-order valence-corrected chi connectivity index (χ2v) is 4.79. The van der Waals surface area contributed by atoms with E-state index >= 15 is 0 Å². The first kappa shape index (κ1) is 8.96. The third kappa shape index (κ3) is 7.96. The van der Waals surface area contributed by atoms with E-state index in [0.717, 1.165) is 9.52 Å². The topological polar surface area (TPSA) is 0 Å². The molecule has 0 heterocycles. The fraction of sp³-hybridized carbons (Fsp3) is 0.750. The van der Waals surface area contributed by atoms with E-state index in [9.17, 15) is 0 Å². The molecule has 0 rings (SSSR count). The zero-order valence-corrected chi connectivity index (χ0v) is 7.70. The Hall–Kier alpha value is -0.0431. The third-order valence-electron chi connectivity index (χ3n) is 1.16. The molecule has 0 aliphatic rings. The van der Waals surface area contributed by atoms with Crippen LogP contribution < -0.4 is 0 Å². The van der Waals surface area contributed by atoms with Gasteiger partial charge in [0.15, 0.2) is 0 Å². The van der Waals surface area contributed by atoms with Crippen molar-refractivity contribution in [1.82, 2.24) is 0 Å². The average Bonchev–Trinajstić information content (AvgIpc) is 1.63. The molecule has 0 unspecified atom stereocenters. The van der Waals surface area contributed by atoms with E-state index in [1.165, 1.54) is 12.5 Å². The van der Waals surface area contributed by atoms with Gasteiger partial charge in [-0.25, -0.2) is 0 Å². The van der Waals surface area contributed by atoms with Gasteiger partial charge in [-0.2, -0.15) is 0 Å². The fourth-order valence-electron chi connectivity index (χ4n) is 0.549. The molecule has 0 amide bonds. The molecule has 0 N–H and O–H groups in total. The molecule has 2 radical (unpaired) electrons. The summed E-state index contributed by atoms with van der Waals surface area (Å²) in [6, 6.07) is 1.31. The second-order valence-electron chi connectivity index (χ2n) is 3.47. The normalized spacial score (nSPS) is 11.4. The molecule has 52 valence electrons. The Balaban J connectivity index is 3.17. The number of hydrogen-bond acceptors (Lipinski definition) is 0. The van der Waals surface area contributed by atoms with Crippen LogP contribution in [0.15, 0.2) is 12.3 Å². The Morgan fingerprint density at radius 2 is 2.00 bits per heavy atom. The SMILES string of the molecule is C=C[Si]CCC(C)(C)C. The van der Waals surface area contributed by atoms with E-state index in [0.29, 0.717) is 5.41 Å². The summed E-state index contributed by atoms with van der Waals surface area (Å²) in [7, 11) is 0.952. The van der Waals surface area contributed by atoms with Crippen LogP contribution in [-0.4, -0.2) is 9.52 Å². The highest BCUT2D eigenvalue weighted by atomic mass is 28.2. The molecule has 0 atom stereocenters. The van der Waals surface area contributed by atoms with Crippen molar-refractivity contribution in [2.24, 2.45) is 5.41 Å². The summed E-state index contributed by atoms with van der Waals surface area (Å²) in [6.07, 6.45) is 1.32. The molecule has 0 saturated carbocycles. The number of hydrogen-bond donors (Lipinski definition) is 0. The van der Waals surface area contributed by atoms with Crippen molar-refractivity contribution in [2.75, 3.05) is 0 Å². The molecule has 0 saturated heterocycles. The fourth-order valence-corrected chi connectivity index (χ4v) is 1.65. The minimum Gasteiger partial charge on any atom is -0.107 e. The lowest BCUT2D eigenvalue weighted by Gasteiger charge is -2.16. The van der Waals surface area contributed by atoms with Gasteiger partial charge in [0.25, 0.3) is 0 Å². The van der Waals surface area contributed by atoms with Crippen LogP contribution in [0.25, 0.3) is 0 Å². The molecule has 0 fully saturated rings. The molecule has 0 bridgehead atoms. The lowest BCUT2D eigenvalue weighted by Crippen LogP contribution is -2.05. The largest absolute Gasteiger partial charge is 0.107 e. The predicted molar refractivity (Wildman–Crippen MR) is 44.8 cm³/mol. The Bertz CT molecular complexity index is 79.1. The van der Waals surface area contributed by atoms with Gasteiger partial charge >= 0.3 is 0 Å². The third-order valence-corrected chi connectivity index (χ3v) is 1.99. The lowest BCUT2D eigenvalue weighted by molar-refractivity contribution is 0.397. The molecule has 0 nitrogen and oxygen atoms in total. The maximum atomic E-state index is 3.69. The van der Waals surface area contributed by atoms with Crippen molar-refractivity contribution in [2.45, 2.75) is 33.2 Å². The monoisotopic (exact) mass is 140 g/mol. The van der Waals surface area contributed by atoms with Gasteiger partial charge in [-0.1, -0.05) is 33.2 Å². The van der Waals surface area contributed by atoms with E-state index in [1.807, 2.05) is 5.70 Å². The zero-order valence-electron chi connectivity index (χ0n) is 6.70. The van der Waals surface area contributed by atoms with Gasteiger partial charge in [0.1, 0.15) is 0 Å². The molecule has 0 aliphatic heterocycles. The van der Waals surface area contributed by atoms with Gasteiger partial charge in [0.05, 0.1) is 9.52 Å². The van der Waals surface area contributed by atoms with Gasteiger partial charge < -0.3 is 0 Å². The van der Waals surface area contributed by atoms with E-state index < -0.39 is 0 Å². The Kier molecular flexibility index (Phi) is 3.87. The molecule has 0 aromatic rings.